The Bertz CT molecular complexity index is 1310. The van der Waals surface area contributed by atoms with Crippen LogP contribution < -0.4 is 9.61 Å². The van der Waals surface area contributed by atoms with Crippen LogP contribution in [-0.2, 0) is 23.4 Å². The van der Waals surface area contributed by atoms with Gasteiger partial charge in [0.25, 0.3) is 0 Å². The van der Waals surface area contributed by atoms with Crippen LogP contribution in [0.4, 0.5) is 0 Å². The van der Waals surface area contributed by atoms with Gasteiger partial charge in [-0.05, 0) is 52.0 Å². The van der Waals surface area contributed by atoms with Gasteiger partial charge in [0.05, 0.1) is 15.4 Å². The fraction of sp³-hybridized carbons (Fsp3) is 0.500. The molecule has 0 aliphatic carbocycles. The van der Waals surface area contributed by atoms with Crippen LogP contribution in [0, 0.1) is 16.3 Å². The van der Waals surface area contributed by atoms with Crippen molar-refractivity contribution in [2.75, 3.05) is 6.56 Å². The Morgan fingerprint density at radius 1 is 1.28 bits per heavy atom. The number of aliphatic hydroxyl groups is 2. The third-order valence-corrected chi connectivity index (χ3v) is 7.21. The molecule has 2 unspecified atom stereocenters. The largest absolute Gasteiger partial charge is 0.462 e. The monoisotopic (exact) mass is 561 g/mol. The predicted octanol–water partition coefficient (Wildman–Crippen LogP) is 3.34. The van der Waals surface area contributed by atoms with E-state index in [0.29, 0.717) is 10.2 Å². The fourth-order valence-corrected chi connectivity index (χ4v) is 5.04. The van der Waals surface area contributed by atoms with Crippen molar-refractivity contribution < 1.29 is 40.8 Å². The van der Waals surface area contributed by atoms with Gasteiger partial charge in [0, 0.05) is 11.8 Å². The first kappa shape index (κ1) is 25.7. The van der Waals surface area contributed by atoms with E-state index < -0.39 is 57.0 Å². The zero-order chi connectivity index (χ0) is 28.4. The van der Waals surface area contributed by atoms with Crippen molar-refractivity contribution >= 4 is 38.2 Å². The average Bonchev–Trinajstić information content (AvgIpc) is 3.11. The van der Waals surface area contributed by atoms with E-state index in [-0.39, 0.29) is 10.5 Å². The minimum absolute atomic E-state index is 0.0516. The van der Waals surface area contributed by atoms with Crippen molar-refractivity contribution in [2.24, 2.45) is 0 Å². The van der Waals surface area contributed by atoms with Crippen LogP contribution in [0.25, 0.3) is 0 Å². The molecule has 1 saturated heterocycles. The number of esters is 1. The Labute approximate surface area is 221 Å². The summed E-state index contributed by atoms with van der Waals surface area (Å²) < 4.78 is 54.1. The molecule has 0 amide bonds. The zero-order valence-electron chi connectivity index (χ0n) is 22.0. The van der Waals surface area contributed by atoms with Gasteiger partial charge in [-0.1, -0.05) is 30.4 Å². The molecule has 1 aromatic carbocycles. The SMILES string of the molecule is [2H]C([2H])(OP(=O)(N[C@@H](C)C(=O)OC(C)C)Oc1ccccc1)[C@@H]1O[C@H](n2cc(C)c(=S)[nH]c2=S)[C@H](O)C1O. The molecular formula is C22H30N3O8PS2. The van der Waals surface area contributed by atoms with E-state index in [1.165, 1.54) is 29.8 Å². The van der Waals surface area contributed by atoms with Crippen LogP contribution in [0.15, 0.2) is 36.5 Å². The number of hydrogen-bond donors (Lipinski definition) is 4. The number of benzene rings is 1. The second-order valence-electron chi connectivity index (χ2n) is 8.35. The van der Waals surface area contributed by atoms with Crippen LogP contribution in [0.3, 0.4) is 0 Å². The molecule has 2 aromatic rings. The minimum Gasteiger partial charge on any atom is -0.462 e. The molecule has 11 nitrogen and oxygen atoms in total. The molecular weight excluding hydrogens is 529 g/mol. The number of hydrogen-bond acceptors (Lipinski definition) is 10. The van der Waals surface area contributed by atoms with Crippen molar-refractivity contribution in [3.8, 4) is 5.75 Å². The molecule has 1 aliphatic rings. The van der Waals surface area contributed by atoms with Gasteiger partial charge in [-0.15, -0.1) is 0 Å². The van der Waals surface area contributed by atoms with E-state index in [1.54, 1.807) is 39.0 Å². The molecule has 1 aliphatic heterocycles. The number of carbonyl (C=O) groups excluding carboxylic acids is 1. The smallest absolute Gasteiger partial charge is 0.459 e. The number of aromatic amines is 1. The number of H-pyrrole nitrogens is 1. The van der Waals surface area contributed by atoms with Gasteiger partial charge in [0.15, 0.2) is 11.0 Å². The van der Waals surface area contributed by atoms with E-state index in [9.17, 15) is 19.6 Å². The van der Waals surface area contributed by atoms with Crippen molar-refractivity contribution in [3.63, 3.8) is 0 Å². The number of ether oxygens (including phenoxy) is 2. The minimum atomic E-state index is -4.68. The normalized spacial score (nSPS) is 25.5. The topological polar surface area (TPSA) is 144 Å². The van der Waals surface area contributed by atoms with Gasteiger partial charge in [0.1, 0.15) is 34.7 Å². The molecule has 0 spiro atoms. The van der Waals surface area contributed by atoms with Crippen LogP contribution in [-0.4, -0.2) is 62.8 Å². The van der Waals surface area contributed by atoms with Gasteiger partial charge in [-0.2, -0.15) is 5.09 Å². The standard InChI is InChI=1S/C22H30N3O8PS2/c1-12(2)31-21(28)14(4)24-34(29,33-15-8-6-5-7-9-15)30-11-16-17(26)18(27)20(32-16)25-10-13(3)19(35)23-22(25)36/h5-10,12,14,16-18,20,26-27H,11H2,1-4H3,(H,24,29)(H,23,35,36)/t14-,16-,17?,18+,20-,34?/m0/s1/i11D2. The summed E-state index contributed by atoms with van der Waals surface area (Å²) in [6, 6.07) is 6.53. The van der Waals surface area contributed by atoms with Gasteiger partial charge in [-0.25, -0.2) is 4.57 Å². The zero-order valence-corrected chi connectivity index (χ0v) is 22.5. The number of aliphatic hydroxyl groups excluding tert-OH is 2. The first-order chi connectivity index (χ1) is 17.6. The van der Waals surface area contributed by atoms with E-state index in [4.69, 9.17) is 45.7 Å². The van der Waals surface area contributed by atoms with Gasteiger partial charge in [0.2, 0.25) is 0 Å². The fourth-order valence-electron chi connectivity index (χ4n) is 3.20. The van der Waals surface area contributed by atoms with E-state index in [2.05, 4.69) is 10.1 Å². The maximum atomic E-state index is 13.8. The quantitative estimate of drug-likeness (QED) is 0.193. The Morgan fingerprint density at radius 3 is 2.58 bits per heavy atom. The molecule has 14 heteroatoms. The molecule has 36 heavy (non-hydrogen) atoms. The van der Waals surface area contributed by atoms with Crippen LogP contribution in [0.1, 0.15) is 35.3 Å². The van der Waals surface area contributed by atoms with Gasteiger partial charge in [-0.3, -0.25) is 13.9 Å². The highest BCUT2D eigenvalue weighted by atomic mass is 32.1. The van der Waals surface area contributed by atoms with Crippen molar-refractivity contribution in [3.05, 3.63) is 51.5 Å². The van der Waals surface area contributed by atoms with Crippen molar-refractivity contribution in [1.29, 1.82) is 0 Å². The summed E-state index contributed by atoms with van der Waals surface area (Å²) in [6.07, 6.45) is -5.61. The first-order valence-corrected chi connectivity index (χ1v) is 13.4. The molecule has 1 aromatic heterocycles. The lowest BCUT2D eigenvalue weighted by Gasteiger charge is -2.25. The maximum Gasteiger partial charge on any atom is 0.459 e. The lowest BCUT2D eigenvalue weighted by molar-refractivity contribution is -0.149. The number of nitrogens with one attached hydrogen (secondary N) is 2. The number of aromatic nitrogens is 2. The van der Waals surface area contributed by atoms with E-state index >= 15 is 0 Å². The Morgan fingerprint density at radius 2 is 1.94 bits per heavy atom. The van der Waals surface area contributed by atoms with Crippen molar-refractivity contribution in [1.82, 2.24) is 14.6 Å². The summed E-state index contributed by atoms with van der Waals surface area (Å²) >= 11 is 10.4. The van der Waals surface area contributed by atoms with Crippen LogP contribution in [0.2, 0.25) is 0 Å². The number of para-hydroxylation sites is 1. The number of nitrogens with zero attached hydrogens (tertiary/aromatic N) is 1. The summed E-state index contributed by atoms with van der Waals surface area (Å²) in [5.74, 6) is -0.726. The summed E-state index contributed by atoms with van der Waals surface area (Å²) in [6.45, 7) is 3.29. The van der Waals surface area contributed by atoms with E-state index in [0.717, 1.165) is 0 Å². The second-order valence-corrected chi connectivity index (χ2v) is 10.8. The lowest BCUT2D eigenvalue weighted by atomic mass is 10.1. The molecule has 0 radical (unpaired) electrons. The molecule has 2 heterocycles. The third-order valence-electron chi connectivity index (χ3n) is 4.97. The van der Waals surface area contributed by atoms with Crippen LogP contribution >= 0.6 is 32.2 Å². The van der Waals surface area contributed by atoms with Crippen molar-refractivity contribution in [2.45, 2.75) is 64.4 Å². The molecule has 0 bridgehead atoms. The molecule has 198 valence electrons. The molecule has 0 saturated carbocycles. The Hall–Kier alpha value is -1.96. The first-order valence-electron chi connectivity index (χ1n) is 12.0. The maximum absolute atomic E-state index is 13.8. The summed E-state index contributed by atoms with van der Waals surface area (Å²) in [7, 11) is -4.68. The highest BCUT2D eigenvalue weighted by Gasteiger charge is 2.45. The number of aryl methyl sites for hydroxylation is 1. The molecule has 4 N–H and O–H groups in total. The van der Waals surface area contributed by atoms with E-state index in [1.807, 2.05) is 0 Å². The highest BCUT2D eigenvalue weighted by molar-refractivity contribution is 7.72. The Balaban J connectivity index is 1.90. The van der Waals surface area contributed by atoms with Gasteiger partial charge >= 0.3 is 13.7 Å². The number of rotatable bonds is 10. The summed E-state index contributed by atoms with van der Waals surface area (Å²) in [5.41, 5.74) is 0.592. The van der Waals surface area contributed by atoms with Gasteiger partial charge < -0.3 is 29.2 Å². The second kappa shape index (κ2) is 12.1. The summed E-state index contributed by atoms with van der Waals surface area (Å²) in [4.78, 5) is 15.1. The third kappa shape index (κ3) is 7.08. The average molecular weight is 562 g/mol. The summed E-state index contributed by atoms with van der Waals surface area (Å²) in [5, 5.41) is 23.8. The predicted molar refractivity (Wildman–Crippen MR) is 136 cm³/mol. The lowest BCUT2D eigenvalue weighted by Crippen LogP contribution is -2.38. The molecule has 1 fully saturated rings. The highest BCUT2D eigenvalue weighted by Crippen LogP contribution is 2.46. The van der Waals surface area contributed by atoms with Crippen LogP contribution in [0.5, 0.6) is 5.75 Å². The molecule has 6 atom stereocenters. The molecule has 3 rings (SSSR count). The number of carbonyl (C=O) groups is 1. The Kier molecular flexibility index (Phi) is 8.60.